The third kappa shape index (κ3) is 1.85. The lowest BCUT2D eigenvalue weighted by Crippen LogP contribution is -2.07. The van der Waals surface area contributed by atoms with Gasteiger partial charge in [0.1, 0.15) is 0 Å². The van der Waals surface area contributed by atoms with Crippen molar-refractivity contribution in [2.24, 2.45) is 0 Å². The molecule has 20 heavy (non-hydrogen) atoms. The van der Waals surface area contributed by atoms with Crippen molar-refractivity contribution in [3.05, 3.63) is 71.9 Å². The number of aromatic nitrogens is 1. The first-order chi connectivity index (χ1) is 9.92. The molecule has 4 rings (SSSR count). The lowest BCUT2D eigenvalue weighted by molar-refractivity contribution is 0.763. The maximum absolute atomic E-state index is 4.52. The average molecular weight is 260 g/mol. The van der Waals surface area contributed by atoms with Crippen molar-refractivity contribution in [2.45, 2.75) is 18.9 Å². The highest BCUT2D eigenvalue weighted by Gasteiger charge is 2.22. The summed E-state index contributed by atoms with van der Waals surface area (Å²) in [5.41, 5.74) is 5.09. The molecule has 0 radical (unpaired) electrons. The second-order valence-corrected chi connectivity index (χ2v) is 5.32. The number of hydrogen-bond acceptors (Lipinski definition) is 2. The van der Waals surface area contributed by atoms with E-state index in [9.17, 15) is 0 Å². The van der Waals surface area contributed by atoms with Gasteiger partial charge in [-0.25, -0.2) is 0 Å². The van der Waals surface area contributed by atoms with Crippen molar-refractivity contribution < 1.29 is 0 Å². The Morgan fingerprint density at radius 2 is 1.85 bits per heavy atom. The van der Waals surface area contributed by atoms with Gasteiger partial charge in [0.25, 0.3) is 0 Å². The van der Waals surface area contributed by atoms with E-state index in [0.717, 1.165) is 24.0 Å². The first-order valence-corrected chi connectivity index (χ1v) is 7.10. The van der Waals surface area contributed by atoms with Crippen LogP contribution in [0.5, 0.6) is 0 Å². The minimum absolute atomic E-state index is 0.402. The van der Waals surface area contributed by atoms with E-state index in [0.29, 0.717) is 6.04 Å². The maximum Gasteiger partial charge on any atom is 0.0933 e. The van der Waals surface area contributed by atoms with E-state index in [2.05, 4.69) is 58.8 Å². The molecular weight excluding hydrogens is 244 g/mol. The Bertz CT molecular complexity index is 759. The zero-order valence-corrected chi connectivity index (χ0v) is 11.2. The van der Waals surface area contributed by atoms with Crippen molar-refractivity contribution in [2.75, 3.05) is 5.32 Å². The fraction of sp³-hybridized carbons (Fsp3) is 0.167. The van der Waals surface area contributed by atoms with Crippen LogP contribution in [0.15, 0.2) is 60.8 Å². The molecule has 2 nitrogen and oxygen atoms in total. The summed E-state index contributed by atoms with van der Waals surface area (Å²) in [6.07, 6.45) is 4.17. The molecule has 1 heterocycles. The Morgan fingerprint density at radius 3 is 2.85 bits per heavy atom. The molecule has 0 spiro atoms. The number of nitrogens with one attached hydrogen (secondary N) is 1. The van der Waals surface area contributed by atoms with Gasteiger partial charge in [-0.15, -0.1) is 0 Å². The number of nitrogens with zero attached hydrogens (tertiary/aromatic N) is 1. The quantitative estimate of drug-likeness (QED) is 0.741. The van der Waals surface area contributed by atoms with Crippen LogP contribution in [-0.4, -0.2) is 4.98 Å². The lowest BCUT2D eigenvalue weighted by atomic mass is 10.1. The fourth-order valence-electron chi connectivity index (χ4n) is 3.12. The molecule has 0 saturated heterocycles. The predicted octanol–water partition coefficient (Wildman–Crippen LogP) is 4.33. The minimum atomic E-state index is 0.402. The molecular formula is C18H16N2. The maximum atomic E-state index is 4.52. The van der Waals surface area contributed by atoms with Crippen LogP contribution in [0.1, 0.15) is 23.6 Å². The van der Waals surface area contributed by atoms with E-state index < -0.39 is 0 Å². The van der Waals surface area contributed by atoms with Gasteiger partial charge in [0.05, 0.1) is 17.2 Å². The molecule has 0 saturated carbocycles. The van der Waals surface area contributed by atoms with Crippen molar-refractivity contribution in [3.63, 3.8) is 0 Å². The van der Waals surface area contributed by atoms with Crippen LogP contribution in [0.2, 0.25) is 0 Å². The minimum Gasteiger partial charge on any atom is -0.376 e. The third-order valence-electron chi connectivity index (χ3n) is 4.10. The van der Waals surface area contributed by atoms with E-state index >= 15 is 0 Å². The van der Waals surface area contributed by atoms with E-state index in [1.807, 2.05) is 12.3 Å². The zero-order valence-electron chi connectivity index (χ0n) is 11.2. The Hall–Kier alpha value is -2.35. The summed E-state index contributed by atoms with van der Waals surface area (Å²) >= 11 is 0. The van der Waals surface area contributed by atoms with Crippen molar-refractivity contribution in [1.82, 2.24) is 4.98 Å². The van der Waals surface area contributed by atoms with E-state index in [-0.39, 0.29) is 0 Å². The number of anilines is 1. The van der Waals surface area contributed by atoms with Crippen LogP contribution in [0.4, 0.5) is 5.69 Å². The van der Waals surface area contributed by atoms with Crippen LogP contribution < -0.4 is 5.32 Å². The molecule has 2 heteroatoms. The van der Waals surface area contributed by atoms with Gasteiger partial charge in [0, 0.05) is 11.6 Å². The molecule has 1 aromatic heterocycles. The van der Waals surface area contributed by atoms with Gasteiger partial charge in [0.2, 0.25) is 0 Å². The van der Waals surface area contributed by atoms with Crippen LogP contribution in [0, 0.1) is 0 Å². The van der Waals surface area contributed by atoms with Crippen LogP contribution in [0.3, 0.4) is 0 Å². The van der Waals surface area contributed by atoms with Crippen molar-refractivity contribution in [1.29, 1.82) is 0 Å². The van der Waals surface area contributed by atoms with Gasteiger partial charge in [-0.3, -0.25) is 4.98 Å². The normalized spacial score (nSPS) is 17.1. The topological polar surface area (TPSA) is 24.9 Å². The van der Waals surface area contributed by atoms with Crippen LogP contribution >= 0.6 is 0 Å². The van der Waals surface area contributed by atoms with Gasteiger partial charge < -0.3 is 5.32 Å². The highest BCUT2D eigenvalue weighted by atomic mass is 14.9. The SMILES string of the molecule is c1ccc2c(c1)CCC2Nc1cccc2cccnc12. The lowest BCUT2D eigenvalue weighted by Gasteiger charge is -2.16. The number of hydrogen-bond donors (Lipinski definition) is 1. The monoisotopic (exact) mass is 260 g/mol. The number of benzene rings is 2. The average Bonchev–Trinajstić information content (AvgIpc) is 2.91. The molecule has 1 atom stereocenters. The molecule has 2 aromatic carbocycles. The molecule has 1 aliphatic carbocycles. The summed E-state index contributed by atoms with van der Waals surface area (Å²) in [6.45, 7) is 0. The van der Waals surface area contributed by atoms with Gasteiger partial charge in [-0.05, 0) is 36.1 Å². The highest BCUT2D eigenvalue weighted by Crippen LogP contribution is 2.35. The molecule has 1 aliphatic rings. The fourth-order valence-corrected chi connectivity index (χ4v) is 3.12. The van der Waals surface area contributed by atoms with Crippen molar-refractivity contribution in [3.8, 4) is 0 Å². The summed E-state index contributed by atoms with van der Waals surface area (Å²) in [6, 6.07) is 19.5. The van der Waals surface area contributed by atoms with Crippen molar-refractivity contribution >= 4 is 16.6 Å². The number of pyridine rings is 1. The molecule has 1 unspecified atom stereocenters. The summed E-state index contributed by atoms with van der Waals surface area (Å²) < 4.78 is 0. The van der Waals surface area contributed by atoms with E-state index in [4.69, 9.17) is 0 Å². The third-order valence-corrected chi connectivity index (χ3v) is 4.10. The predicted molar refractivity (Wildman–Crippen MR) is 82.9 cm³/mol. The molecule has 0 fully saturated rings. The largest absolute Gasteiger partial charge is 0.376 e. The van der Waals surface area contributed by atoms with Gasteiger partial charge in [-0.1, -0.05) is 42.5 Å². The Labute approximate surface area is 118 Å². The second-order valence-electron chi connectivity index (χ2n) is 5.32. The van der Waals surface area contributed by atoms with Gasteiger partial charge >= 0.3 is 0 Å². The Morgan fingerprint density at radius 1 is 0.950 bits per heavy atom. The molecule has 0 amide bonds. The highest BCUT2D eigenvalue weighted by molar-refractivity contribution is 5.90. The second kappa shape index (κ2) is 4.64. The number of fused-ring (bicyclic) bond motifs is 2. The molecule has 0 aliphatic heterocycles. The number of para-hydroxylation sites is 1. The Kier molecular flexibility index (Phi) is 2.66. The van der Waals surface area contributed by atoms with Crippen LogP contribution in [0.25, 0.3) is 10.9 Å². The summed E-state index contributed by atoms with van der Waals surface area (Å²) in [5.74, 6) is 0. The van der Waals surface area contributed by atoms with Gasteiger partial charge in [0.15, 0.2) is 0 Å². The molecule has 98 valence electrons. The number of aryl methyl sites for hydroxylation is 1. The first-order valence-electron chi connectivity index (χ1n) is 7.10. The molecule has 1 N–H and O–H groups in total. The standard InChI is InChI=1S/C18H16N2/c1-2-8-15-13(5-1)10-11-16(15)20-17-9-3-6-14-7-4-12-19-18(14)17/h1-9,12,16,20H,10-11H2. The van der Waals surface area contributed by atoms with Gasteiger partial charge in [-0.2, -0.15) is 0 Å². The van der Waals surface area contributed by atoms with E-state index in [1.165, 1.54) is 16.5 Å². The summed E-state index contributed by atoms with van der Waals surface area (Å²) in [7, 11) is 0. The summed E-state index contributed by atoms with van der Waals surface area (Å²) in [4.78, 5) is 4.52. The number of rotatable bonds is 2. The van der Waals surface area contributed by atoms with E-state index in [1.54, 1.807) is 0 Å². The summed E-state index contributed by atoms with van der Waals surface area (Å²) in [5, 5.41) is 4.86. The van der Waals surface area contributed by atoms with Crippen LogP contribution in [-0.2, 0) is 6.42 Å². The molecule has 3 aromatic rings. The first kappa shape index (κ1) is 11.5. The Balaban J connectivity index is 1.73. The smallest absolute Gasteiger partial charge is 0.0933 e. The molecule has 0 bridgehead atoms. The zero-order chi connectivity index (χ0) is 13.4.